The molecule has 6 rings (SSSR count). The Bertz CT molecular complexity index is 1840. The van der Waals surface area contributed by atoms with Crippen molar-refractivity contribution < 1.29 is 31.9 Å². The third kappa shape index (κ3) is 9.21. The van der Waals surface area contributed by atoms with Crippen LogP contribution < -0.4 is 0 Å². The molecular formula is C50H84O7SSi2. The minimum absolute atomic E-state index is 0.0578. The lowest BCUT2D eigenvalue weighted by Gasteiger charge is -2.59. The zero-order chi connectivity index (χ0) is 44.5. The van der Waals surface area contributed by atoms with Crippen molar-refractivity contribution in [2.24, 2.45) is 34.5 Å². The summed E-state index contributed by atoms with van der Waals surface area (Å²) in [5.74, 6) is 0.553. The molecule has 1 aliphatic heterocycles. The molecule has 1 N–H and O–H groups in total. The average Bonchev–Trinajstić information content (AvgIpc) is 3.48. The van der Waals surface area contributed by atoms with Crippen molar-refractivity contribution >= 4 is 26.5 Å². The van der Waals surface area contributed by atoms with E-state index in [1.165, 1.54) is 5.57 Å². The molecule has 0 radical (unpaired) electrons. The molecule has 4 aliphatic carbocycles. The van der Waals surface area contributed by atoms with Gasteiger partial charge < -0.3 is 23.4 Å². The van der Waals surface area contributed by atoms with E-state index in [1.54, 1.807) is 29.8 Å². The normalized spacial score (nSPS) is 33.5. The summed E-state index contributed by atoms with van der Waals surface area (Å²) in [5, 5.41) is 11.5. The van der Waals surface area contributed by atoms with Crippen molar-refractivity contribution in [3.8, 4) is 0 Å². The monoisotopic (exact) mass is 885 g/mol. The Morgan fingerprint density at radius 2 is 1.48 bits per heavy atom. The number of allylic oxidation sites excluding steroid dienone is 3. The molecule has 3 saturated carbocycles. The second-order valence-electron chi connectivity index (χ2n) is 23.9. The average molecular weight is 885 g/mol. The Hall–Kier alpha value is -1.12. The molecule has 3 unspecified atom stereocenters. The van der Waals surface area contributed by atoms with E-state index in [4.69, 9.17) is 18.3 Å². The van der Waals surface area contributed by atoms with Gasteiger partial charge in [-0.15, -0.1) is 0 Å². The maximum Gasteiger partial charge on any atom is 0.192 e. The largest absolute Gasteiger partial charge is 0.414 e. The Balaban J connectivity index is 1.33. The minimum atomic E-state index is -3.90. The fraction of sp³-hybridized carbons (Fsp3) is 0.800. The molecule has 5 aliphatic rings. The SMILES string of the molecule is C[C@H](C(C(O)CC(C)(C)OC1CCCCO1)S(=O)(=O)c1ccccc1)[C@H]1CC[C@H]2C3=CC=C4C[C@@H](O[Si](C)(C)C(C)(C)C)C[C@H](O[Si](C)(C)C(C)(C)C)[C@]4(C)[C@H]3CC[C@]12C. The second-order valence-corrected chi connectivity index (χ2v) is 35.5. The van der Waals surface area contributed by atoms with Crippen LogP contribution in [-0.4, -0.2) is 72.2 Å². The third-order valence-electron chi connectivity index (χ3n) is 17.4. The minimum Gasteiger partial charge on any atom is -0.414 e. The fourth-order valence-electron chi connectivity index (χ4n) is 12.0. The van der Waals surface area contributed by atoms with Gasteiger partial charge in [0.2, 0.25) is 0 Å². The Kier molecular flexibility index (Phi) is 13.7. The number of aliphatic hydroxyl groups excluding tert-OH is 1. The number of rotatable bonds is 13. The first kappa shape index (κ1) is 48.3. The maximum absolute atomic E-state index is 14.9. The van der Waals surface area contributed by atoms with Gasteiger partial charge in [0.25, 0.3) is 0 Å². The molecule has 0 amide bonds. The number of hydrogen-bond acceptors (Lipinski definition) is 7. The fourth-order valence-corrected chi connectivity index (χ4v) is 16.8. The highest BCUT2D eigenvalue weighted by molar-refractivity contribution is 7.92. The molecule has 1 heterocycles. The van der Waals surface area contributed by atoms with Gasteiger partial charge in [0.1, 0.15) is 0 Å². The molecular weight excluding hydrogens is 801 g/mol. The number of aliphatic hydroxyl groups is 1. The van der Waals surface area contributed by atoms with Crippen molar-refractivity contribution in [3.05, 3.63) is 53.6 Å². The Morgan fingerprint density at radius 1 is 0.850 bits per heavy atom. The van der Waals surface area contributed by atoms with Crippen molar-refractivity contribution in [3.63, 3.8) is 0 Å². The lowest BCUT2D eigenvalue weighted by Crippen LogP contribution is -2.58. The topological polar surface area (TPSA) is 91.3 Å². The highest BCUT2D eigenvalue weighted by Crippen LogP contribution is 2.67. The van der Waals surface area contributed by atoms with Crippen LogP contribution in [0.4, 0.5) is 0 Å². The molecule has 11 atom stereocenters. The van der Waals surface area contributed by atoms with Gasteiger partial charge in [-0.3, -0.25) is 0 Å². The highest BCUT2D eigenvalue weighted by atomic mass is 32.2. The smallest absolute Gasteiger partial charge is 0.192 e. The first-order valence-electron chi connectivity index (χ1n) is 23.6. The van der Waals surface area contributed by atoms with E-state index in [9.17, 15) is 13.5 Å². The summed E-state index contributed by atoms with van der Waals surface area (Å²) in [6.45, 7) is 35.3. The van der Waals surface area contributed by atoms with E-state index >= 15 is 0 Å². The van der Waals surface area contributed by atoms with Crippen LogP contribution in [-0.2, 0) is 28.2 Å². The van der Waals surface area contributed by atoms with Crippen LogP contribution in [0.2, 0.25) is 36.3 Å². The van der Waals surface area contributed by atoms with Gasteiger partial charge in [0, 0.05) is 18.4 Å². The van der Waals surface area contributed by atoms with Gasteiger partial charge in [0.15, 0.2) is 32.8 Å². The molecule has 10 heteroatoms. The van der Waals surface area contributed by atoms with Crippen LogP contribution in [0.3, 0.4) is 0 Å². The van der Waals surface area contributed by atoms with E-state index in [0.29, 0.717) is 18.4 Å². The first-order valence-corrected chi connectivity index (χ1v) is 30.9. The van der Waals surface area contributed by atoms with E-state index in [0.717, 1.165) is 57.8 Å². The van der Waals surface area contributed by atoms with Gasteiger partial charge in [-0.1, -0.05) is 104 Å². The molecule has 0 aromatic heterocycles. The molecule has 60 heavy (non-hydrogen) atoms. The molecule has 4 fully saturated rings. The number of fused-ring (bicyclic) bond motifs is 5. The van der Waals surface area contributed by atoms with Crippen LogP contribution in [0.25, 0.3) is 0 Å². The van der Waals surface area contributed by atoms with Crippen molar-refractivity contribution in [2.75, 3.05) is 6.61 Å². The molecule has 340 valence electrons. The molecule has 0 spiro atoms. The van der Waals surface area contributed by atoms with Crippen LogP contribution >= 0.6 is 0 Å². The van der Waals surface area contributed by atoms with Gasteiger partial charge in [-0.25, -0.2) is 8.42 Å². The summed E-state index contributed by atoms with van der Waals surface area (Å²) in [6.07, 6.45) is 12.7. The zero-order valence-electron chi connectivity index (χ0n) is 40.3. The van der Waals surface area contributed by atoms with Crippen molar-refractivity contribution in [1.82, 2.24) is 0 Å². The quantitative estimate of drug-likeness (QED) is 0.197. The second kappa shape index (κ2) is 17.0. The van der Waals surface area contributed by atoms with Crippen molar-refractivity contribution in [2.45, 2.75) is 217 Å². The van der Waals surface area contributed by atoms with Gasteiger partial charge in [0.05, 0.1) is 34.1 Å². The molecule has 1 aromatic rings. The van der Waals surface area contributed by atoms with Crippen LogP contribution in [0, 0.1) is 34.5 Å². The summed E-state index contributed by atoms with van der Waals surface area (Å²) in [6, 6.07) is 8.81. The van der Waals surface area contributed by atoms with Crippen molar-refractivity contribution in [1.29, 1.82) is 0 Å². The van der Waals surface area contributed by atoms with Crippen LogP contribution in [0.15, 0.2) is 58.5 Å². The standard InChI is InChI=1S/C50H84O7SSi2/c1-34(45(58(52,53)37-21-17-16-18-22-37)42(51)33-48(8,9)55-44-23-19-20-30-54-44)39-26-27-40-38-25-24-35-31-36(56-59(12,13)46(2,3)4)32-43(57-60(14,15)47(5,6)7)50(35,11)41(38)28-29-49(39,40)10/h16-18,21-22,24-25,34,36,39-45,51H,19-20,23,26-33H2,1-15H3/t34-,36+,39+,40-,41-,42?,43-,44?,45?,49+,50-/m0/s1. The third-order valence-corrected chi connectivity index (χ3v) is 28.8. The summed E-state index contributed by atoms with van der Waals surface area (Å²) < 4.78 is 56.9. The van der Waals surface area contributed by atoms with E-state index in [1.807, 2.05) is 19.9 Å². The summed E-state index contributed by atoms with van der Waals surface area (Å²) in [7, 11) is -8.07. The molecule has 1 aromatic carbocycles. The highest BCUT2D eigenvalue weighted by Gasteiger charge is 2.62. The van der Waals surface area contributed by atoms with Crippen LogP contribution in [0.1, 0.15) is 140 Å². The van der Waals surface area contributed by atoms with E-state index in [-0.39, 0.29) is 62.6 Å². The number of ether oxygens (including phenoxy) is 2. The number of benzene rings is 1. The molecule has 7 nitrogen and oxygen atoms in total. The predicted molar refractivity (Wildman–Crippen MR) is 251 cm³/mol. The number of sulfone groups is 1. The van der Waals surface area contributed by atoms with Gasteiger partial charge in [-0.05, 0) is 149 Å². The van der Waals surface area contributed by atoms with E-state index in [2.05, 4.69) is 101 Å². The first-order chi connectivity index (χ1) is 27.6. The summed E-state index contributed by atoms with van der Waals surface area (Å²) in [5.41, 5.74) is 2.02. The van der Waals surface area contributed by atoms with Crippen LogP contribution in [0.5, 0.6) is 0 Å². The maximum atomic E-state index is 14.9. The lowest BCUT2D eigenvalue weighted by molar-refractivity contribution is -0.221. The zero-order valence-corrected chi connectivity index (χ0v) is 43.1. The van der Waals surface area contributed by atoms with E-state index < -0.39 is 43.4 Å². The lowest BCUT2D eigenvalue weighted by atomic mass is 9.49. The Labute approximate surface area is 368 Å². The predicted octanol–water partition coefficient (Wildman–Crippen LogP) is 12.4. The van der Waals surface area contributed by atoms with Gasteiger partial charge in [-0.2, -0.15) is 0 Å². The number of hydrogen-bond donors (Lipinski definition) is 1. The Morgan fingerprint density at radius 3 is 2.08 bits per heavy atom. The molecule has 1 saturated heterocycles. The summed E-state index contributed by atoms with van der Waals surface area (Å²) >= 11 is 0. The molecule has 0 bridgehead atoms. The summed E-state index contributed by atoms with van der Waals surface area (Å²) in [4.78, 5) is 0.278. The van der Waals surface area contributed by atoms with Gasteiger partial charge >= 0.3 is 0 Å².